The summed E-state index contributed by atoms with van der Waals surface area (Å²) >= 11 is 1.64. The van der Waals surface area contributed by atoms with Crippen LogP contribution < -0.4 is 11.3 Å². The first-order valence-electron chi connectivity index (χ1n) is 6.60. The van der Waals surface area contributed by atoms with E-state index in [-0.39, 0.29) is 5.92 Å². The summed E-state index contributed by atoms with van der Waals surface area (Å²) in [7, 11) is 0. The van der Waals surface area contributed by atoms with Crippen LogP contribution in [0.2, 0.25) is 0 Å². The Labute approximate surface area is 124 Å². The molecule has 0 amide bonds. The van der Waals surface area contributed by atoms with Gasteiger partial charge >= 0.3 is 0 Å². The van der Waals surface area contributed by atoms with Gasteiger partial charge < -0.3 is 5.43 Å². The summed E-state index contributed by atoms with van der Waals surface area (Å²) in [6, 6.07) is 8.29. The third-order valence-corrected chi connectivity index (χ3v) is 4.02. The molecule has 0 unspecified atom stereocenters. The van der Waals surface area contributed by atoms with Gasteiger partial charge in [0.2, 0.25) is 0 Å². The van der Waals surface area contributed by atoms with Gasteiger partial charge in [0.25, 0.3) is 0 Å². The highest BCUT2D eigenvalue weighted by molar-refractivity contribution is 7.99. The molecule has 0 atom stereocenters. The standard InChI is InChI=1S/C15H20N4S/c1-9(2)15-17-13(19-16)8-14(18-15)20-12-7-10(3)5-6-11(12)4/h5-9H,16H2,1-4H3,(H,17,18,19). The second-order valence-corrected chi connectivity index (χ2v) is 6.18. The number of hydrogen-bond acceptors (Lipinski definition) is 5. The number of aryl methyl sites for hydroxylation is 2. The molecule has 106 valence electrons. The van der Waals surface area contributed by atoms with E-state index in [0.717, 1.165) is 10.9 Å². The highest BCUT2D eigenvalue weighted by atomic mass is 32.2. The van der Waals surface area contributed by atoms with Gasteiger partial charge in [-0.3, -0.25) is 0 Å². The Hall–Kier alpha value is -1.59. The molecule has 1 aromatic carbocycles. The molecule has 2 rings (SSSR count). The van der Waals surface area contributed by atoms with Crippen molar-refractivity contribution in [1.82, 2.24) is 9.97 Å². The van der Waals surface area contributed by atoms with E-state index in [9.17, 15) is 0 Å². The van der Waals surface area contributed by atoms with Crippen molar-refractivity contribution in [2.24, 2.45) is 5.84 Å². The monoisotopic (exact) mass is 288 g/mol. The second kappa shape index (κ2) is 6.24. The van der Waals surface area contributed by atoms with Crippen LogP contribution in [0.5, 0.6) is 0 Å². The number of nitrogen functional groups attached to an aromatic ring is 1. The molecule has 1 aromatic heterocycles. The summed E-state index contributed by atoms with van der Waals surface area (Å²) < 4.78 is 0. The summed E-state index contributed by atoms with van der Waals surface area (Å²) in [5.41, 5.74) is 5.10. The normalized spacial score (nSPS) is 10.9. The van der Waals surface area contributed by atoms with Crippen LogP contribution in [0.3, 0.4) is 0 Å². The van der Waals surface area contributed by atoms with E-state index in [4.69, 9.17) is 5.84 Å². The van der Waals surface area contributed by atoms with Crippen LogP contribution in [-0.4, -0.2) is 9.97 Å². The molecule has 0 bridgehead atoms. The topological polar surface area (TPSA) is 63.8 Å². The van der Waals surface area contributed by atoms with Crippen molar-refractivity contribution in [3.8, 4) is 0 Å². The van der Waals surface area contributed by atoms with Crippen LogP contribution in [0, 0.1) is 13.8 Å². The predicted molar refractivity (Wildman–Crippen MR) is 84.0 cm³/mol. The number of hydrogen-bond donors (Lipinski definition) is 2. The van der Waals surface area contributed by atoms with Gasteiger partial charge in [-0.2, -0.15) is 0 Å². The highest BCUT2D eigenvalue weighted by Crippen LogP contribution is 2.31. The fourth-order valence-electron chi connectivity index (χ4n) is 1.76. The van der Waals surface area contributed by atoms with Crippen molar-refractivity contribution in [2.75, 3.05) is 5.43 Å². The van der Waals surface area contributed by atoms with Crippen molar-refractivity contribution in [2.45, 2.75) is 43.5 Å². The van der Waals surface area contributed by atoms with Gasteiger partial charge in [0.05, 0.1) is 0 Å². The Morgan fingerprint density at radius 3 is 2.55 bits per heavy atom. The zero-order valence-electron chi connectivity index (χ0n) is 12.3. The number of nitrogens with one attached hydrogen (secondary N) is 1. The summed E-state index contributed by atoms with van der Waals surface area (Å²) in [6.45, 7) is 8.34. The zero-order valence-corrected chi connectivity index (χ0v) is 13.1. The maximum absolute atomic E-state index is 5.49. The fourth-order valence-corrected chi connectivity index (χ4v) is 2.77. The van der Waals surface area contributed by atoms with Crippen LogP contribution in [0.15, 0.2) is 34.2 Å². The van der Waals surface area contributed by atoms with Gasteiger partial charge in [0.1, 0.15) is 16.7 Å². The first-order chi connectivity index (χ1) is 9.49. The smallest absolute Gasteiger partial charge is 0.144 e. The maximum Gasteiger partial charge on any atom is 0.144 e. The number of rotatable bonds is 4. The van der Waals surface area contributed by atoms with E-state index in [1.165, 1.54) is 16.0 Å². The number of nitrogens with two attached hydrogens (primary N) is 1. The number of nitrogens with zero attached hydrogens (tertiary/aromatic N) is 2. The van der Waals surface area contributed by atoms with Crippen molar-refractivity contribution in [3.63, 3.8) is 0 Å². The maximum atomic E-state index is 5.49. The quantitative estimate of drug-likeness (QED) is 0.511. The van der Waals surface area contributed by atoms with Gasteiger partial charge in [-0.25, -0.2) is 15.8 Å². The van der Waals surface area contributed by atoms with Crippen LogP contribution in [-0.2, 0) is 0 Å². The number of hydrazine groups is 1. The van der Waals surface area contributed by atoms with Crippen molar-refractivity contribution >= 4 is 17.6 Å². The average Bonchev–Trinajstić information content (AvgIpc) is 2.42. The molecule has 0 saturated carbocycles. The first-order valence-corrected chi connectivity index (χ1v) is 7.42. The molecule has 2 aromatic rings. The Morgan fingerprint density at radius 1 is 1.15 bits per heavy atom. The lowest BCUT2D eigenvalue weighted by Crippen LogP contribution is -2.11. The van der Waals surface area contributed by atoms with Crippen LogP contribution in [0.1, 0.15) is 36.7 Å². The Balaban J connectivity index is 2.37. The molecule has 0 fully saturated rings. The average molecular weight is 288 g/mol. The van der Waals surface area contributed by atoms with Gasteiger partial charge in [0.15, 0.2) is 0 Å². The molecule has 0 aliphatic rings. The van der Waals surface area contributed by atoms with Crippen LogP contribution >= 0.6 is 11.8 Å². The molecule has 4 nitrogen and oxygen atoms in total. The minimum atomic E-state index is 0.265. The van der Waals surface area contributed by atoms with Crippen molar-refractivity contribution < 1.29 is 0 Å². The predicted octanol–water partition coefficient (Wildman–Crippen LogP) is 3.65. The van der Waals surface area contributed by atoms with Gasteiger partial charge in [-0.15, -0.1) is 0 Å². The number of benzene rings is 1. The lowest BCUT2D eigenvalue weighted by Gasteiger charge is -2.11. The number of anilines is 1. The van der Waals surface area contributed by atoms with Crippen molar-refractivity contribution in [3.05, 3.63) is 41.2 Å². The molecule has 3 N–H and O–H groups in total. The molecule has 5 heteroatoms. The Kier molecular flexibility index (Phi) is 4.62. The molecule has 0 saturated heterocycles. The number of aromatic nitrogens is 2. The van der Waals surface area contributed by atoms with E-state index < -0.39 is 0 Å². The molecular weight excluding hydrogens is 268 g/mol. The zero-order chi connectivity index (χ0) is 14.7. The fraction of sp³-hybridized carbons (Fsp3) is 0.333. The molecule has 20 heavy (non-hydrogen) atoms. The van der Waals surface area contributed by atoms with E-state index in [0.29, 0.717) is 5.82 Å². The lowest BCUT2D eigenvalue weighted by atomic mass is 10.2. The van der Waals surface area contributed by atoms with Crippen molar-refractivity contribution in [1.29, 1.82) is 0 Å². The van der Waals surface area contributed by atoms with Gasteiger partial charge in [0, 0.05) is 16.9 Å². The summed E-state index contributed by atoms with van der Waals surface area (Å²) in [4.78, 5) is 10.2. The van der Waals surface area contributed by atoms with E-state index >= 15 is 0 Å². The second-order valence-electron chi connectivity index (χ2n) is 5.12. The highest BCUT2D eigenvalue weighted by Gasteiger charge is 2.10. The minimum Gasteiger partial charge on any atom is -0.308 e. The van der Waals surface area contributed by atoms with E-state index in [1.54, 1.807) is 11.8 Å². The van der Waals surface area contributed by atoms with Crippen LogP contribution in [0.4, 0.5) is 5.82 Å². The summed E-state index contributed by atoms with van der Waals surface area (Å²) in [5.74, 6) is 7.20. The minimum absolute atomic E-state index is 0.265. The largest absolute Gasteiger partial charge is 0.308 e. The molecule has 1 heterocycles. The molecule has 0 aliphatic carbocycles. The third-order valence-electron chi connectivity index (χ3n) is 2.94. The molecular formula is C15H20N4S. The van der Waals surface area contributed by atoms with E-state index in [1.807, 2.05) is 6.07 Å². The molecule has 0 aliphatic heterocycles. The Morgan fingerprint density at radius 2 is 1.90 bits per heavy atom. The van der Waals surface area contributed by atoms with Crippen LogP contribution in [0.25, 0.3) is 0 Å². The van der Waals surface area contributed by atoms with Gasteiger partial charge in [-0.1, -0.05) is 37.7 Å². The lowest BCUT2D eigenvalue weighted by molar-refractivity contribution is 0.754. The SMILES string of the molecule is Cc1ccc(C)c(Sc2cc(NN)nc(C(C)C)n2)c1. The van der Waals surface area contributed by atoms with Gasteiger partial charge in [-0.05, 0) is 31.0 Å². The van der Waals surface area contributed by atoms with E-state index in [2.05, 4.69) is 61.3 Å². The molecule has 0 spiro atoms. The first kappa shape index (κ1) is 14.8. The summed E-state index contributed by atoms with van der Waals surface area (Å²) in [5, 5.41) is 0.908. The Bertz CT molecular complexity index is 611. The summed E-state index contributed by atoms with van der Waals surface area (Å²) in [6.07, 6.45) is 0. The molecule has 0 radical (unpaired) electrons. The third kappa shape index (κ3) is 3.49.